The lowest BCUT2D eigenvalue weighted by Crippen LogP contribution is -2.08. The number of thioether (sulfide) groups is 1. The molecule has 1 aromatic carbocycles. The molecule has 19 heavy (non-hydrogen) atoms. The van der Waals surface area contributed by atoms with Gasteiger partial charge in [0.1, 0.15) is 0 Å². The molecule has 1 heterocycles. The van der Waals surface area contributed by atoms with Gasteiger partial charge in [-0.2, -0.15) is 0 Å². The van der Waals surface area contributed by atoms with Gasteiger partial charge in [-0.3, -0.25) is 4.79 Å². The molecule has 0 radical (unpaired) electrons. The Labute approximate surface area is 115 Å². The first-order valence-electron chi connectivity index (χ1n) is 6.10. The monoisotopic (exact) mass is 280 g/mol. The molecule has 0 atom stereocenters. The third-order valence-corrected chi connectivity index (χ3v) is 3.57. The van der Waals surface area contributed by atoms with Crippen LogP contribution in [0.3, 0.4) is 0 Å². The van der Waals surface area contributed by atoms with Gasteiger partial charge >= 0.3 is 5.97 Å². The van der Waals surface area contributed by atoms with Crippen LogP contribution in [0.2, 0.25) is 0 Å². The van der Waals surface area contributed by atoms with Crippen LogP contribution in [0.15, 0.2) is 29.4 Å². The highest BCUT2D eigenvalue weighted by Gasteiger charge is 2.12. The Balaban J connectivity index is 2.26. The van der Waals surface area contributed by atoms with Crippen LogP contribution in [0.5, 0.6) is 0 Å². The first kappa shape index (κ1) is 13.9. The van der Waals surface area contributed by atoms with Crippen molar-refractivity contribution in [2.24, 2.45) is 0 Å². The minimum absolute atomic E-state index is 0.0119. The van der Waals surface area contributed by atoms with Crippen LogP contribution in [0, 0.1) is 0 Å². The lowest BCUT2D eigenvalue weighted by molar-refractivity contribution is -0.133. The molecular formula is C13H16N2O3S. The number of nitrogens with zero attached hydrogens (tertiary/aromatic N) is 2. The van der Waals surface area contributed by atoms with Crippen molar-refractivity contribution in [2.75, 3.05) is 19.0 Å². The summed E-state index contributed by atoms with van der Waals surface area (Å²) in [6.07, 6.45) is 0. The summed E-state index contributed by atoms with van der Waals surface area (Å²) in [5.74, 6) is -0.828. The Kier molecular flexibility index (Phi) is 4.81. The number of hydrogen-bond acceptors (Lipinski definition) is 4. The summed E-state index contributed by atoms with van der Waals surface area (Å²) in [5.41, 5.74) is 1.89. The van der Waals surface area contributed by atoms with E-state index in [9.17, 15) is 4.79 Å². The number of ether oxygens (including phenoxy) is 1. The van der Waals surface area contributed by atoms with Gasteiger partial charge in [-0.1, -0.05) is 23.9 Å². The SMILES string of the molecule is CCOCCn1c(SCC(=O)O)nc2ccccc21. The van der Waals surface area contributed by atoms with Gasteiger partial charge in [0.15, 0.2) is 5.16 Å². The van der Waals surface area contributed by atoms with Crippen molar-refractivity contribution in [3.63, 3.8) is 0 Å². The van der Waals surface area contributed by atoms with Crippen LogP contribution >= 0.6 is 11.8 Å². The third-order valence-electron chi connectivity index (χ3n) is 2.61. The van der Waals surface area contributed by atoms with Gasteiger partial charge in [-0.05, 0) is 19.1 Å². The maximum atomic E-state index is 10.7. The van der Waals surface area contributed by atoms with Gasteiger partial charge in [0.05, 0.1) is 23.4 Å². The molecule has 102 valence electrons. The molecule has 0 fully saturated rings. The van der Waals surface area contributed by atoms with Crippen LogP contribution in [0.4, 0.5) is 0 Å². The lowest BCUT2D eigenvalue weighted by Gasteiger charge is -2.08. The minimum atomic E-state index is -0.839. The lowest BCUT2D eigenvalue weighted by atomic mass is 10.3. The highest BCUT2D eigenvalue weighted by molar-refractivity contribution is 7.99. The fourth-order valence-electron chi connectivity index (χ4n) is 1.81. The number of hydrogen-bond donors (Lipinski definition) is 1. The second-order valence-corrected chi connectivity index (χ2v) is 4.86. The molecular weight excluding hydrogens is 264 g/mol. The first-order valence-corrected chi connectivity index (χ1v) is 7.08. The molecule has 6 heteroatoms. The Morgan fingerprint density at radius 3 is 3.00 bits per heavy atom. The van der Waals surface area contributed by atoms with Gasteiger partial charge in [-0.15, -0.1) is 0 Å². The zero-order chi connectivity index (χ0) is 13.7. The van der Waals surface area contributed by atoms with E-state index < -0.39 is 5.97 Å². The van der Waals surface area contributed by atoms with Gasteiger partial charge in [-0.25, -0.2) is 4.98 Å². The van der Waals surface area contributed by atoms with E-state index in [1.807, 2.05) is 35.8 Å². The fourth-order valence-corrected chi connectivity index (χ4v) is 2.57. The summed E-state index contributed by atoms with van der Waals surface area (Å²) in [6.45, 7) is 3.89. The summed E-state index contributed by atoms with van der Waals surface area (Å²) in [6, 6.07) is 7.79. The molecule has 2 aromatic rings. The van der Waals surface area contributed by atoms with Crippen LogP contribution in [0.25, 0.3) is 11.0 Å². The molecule has 0 aliphatic heterocycles. The number of para-hydroxylation sites is 2. The Bertz CT molecular complexity index is 568. The number of rotatable bonds is 7. The van der Waals surface area contributed by atoms with Crippen molar-refractivity contribution >= 4 is 28.8 Å². The van der Waals surface area contributed by atoms with Crippen molar-refractivity contribution in [1.82, 2.24) is 9.55 Å². The smallest absolute Gasteiger partial charge is 0.313 e. The zero-order valence-corrected chi connectivity index (χ0v) is 11.5. The van der Waals surface area contributed by atoms with Gasteiger partial charge in [0.2, 0.25) is 0 Å². The van der Waals surface area contributed by atoms with Crippen molar-refractivity contribution in [3.8, 4) is 0 Å². The van der Waals surface area contributed by atoms with Gasteiger partial charge in [0, 0.05) is 13.2 Å². The molecule has 5 nitrogen and oxygen atoms in total. The quantitative estimate of drug-likeness (QED) is 0.622. The predicted molar refractivity (Wildman–Crippen MR) is 74.6 cm³/mol. The largest absolute Gasteiger partial charge is 0.481 e. The average molecular weight is 280 g/mol. The summed E-state index contributed by atoms with van der Waals surface area (Å²) in [5, 5.41) is 9.50. The van der Waals surface area contributed by atoms with E-state index in [0.717, 1.165) is 16.2 Å². The summed E-state index contributed by atoms with van der Waals surface area (Å²) < 4.78 is 7.37. The molecule has 0 amide bonds. The maximum Gasteiger partial charge on any atom is 0.313 e. The van der Waals surface area contributed by atoms with Crippen LogP contribution < -0.4 is 0 Å². The molecule has 0 bridgehead atoms. The van der Waals surface area contributed by atoms with E-state index in [0.29, 0.717) is 19.8 Å². The minimum Gasteiger partial charge on any atom is -0.481 e. The number of benzene rings is 1. The fraction of sp³-hybridized carbons (Fsp3) is 0.385. The number of carbonyl (C=O) groups is 1. The number of carboxylic acids is 1. The second kappa shape index (κ2) is 6.58. The number of aliphatic carboxylic acids is 1. The van der Waals surface area contributed by atoms with Crippen LogP contribution in [0.1, 0.15) is 6.92 Å². The van der Waals surface area contributed by atoms with Crippen LogP contribution in [-0.2, 0) is 16.1 Å². The van der Waals surface area contributed by atoms with Gasteiger partial charge < -0.3 is 14.4 Å². The number of aromatic nitrogens is 2. The highest BCUT2D eigenvalue weighted by atomic mass is 32.2. The van der Waals surface area contributed by atoms with E-state index in [4.69, 9.17) is 9.84 Å². The molecule has 0 spiro atoms. The molecule has 0 saturated heterocycles. The predicted octanol–water partition coefficient (Wildman–Crippen LogP) is 2.25. The Morgan fingerprint density at radius 2 is 2.26 bits per heavy atom. The van der Waals surface area contributed by atoms with Crippen molar-refractivity contribution in [3.05, 3.63) is 24.3 Å². The van der Waals surface area contributed by atoms with Crippen molar-refractivity contribution < 1.29 is 14.6 Å². The molecule has 0 saturated carbocycles. The second-order valence-electron chi connectivity index (χ2n) is 3.91. The number of carboxylic acid groups (broad SMARTS) is 1. The first-order chi connectivity index (χ1) is 9.22. The topological polar surface area (TPSA) is 64.3 Å². The van der Waals surface area contributed by atoms with E-state index in [2.05, 4.69) is 4.98 Å². The summed E-state index contributed by atoms with van der Waals surface area (Å²) >= 11 is 1.24. The third kappa shape index (κ3) is 3.48. The van der Waals surface area contributed by atoms with E-state index in [-0.39, 0.29) is 5.75 Å². The molecule has 1 N–H and O–H groups in total. The average Bonchev–Trinajstić information content (AvgIpc) is 2.75. The number of imidazole rings is 1. The Hall–Kier alpha value is -1.53. The van der Waals surface area contributed by atoms with Crippen molar-refractivity contribution in [1.29, 1.82) is 0 Å². The van der Waals surface area contributed by atoms with Crippen LogP contribution in [-0.4, -0.2) is 39.6 Å². The van der Waals surface area contributed by atoms with E-state index in [1.165, 1.54) is 11.8 Å². The molecule has 1 aromatic heterocycles. The Morgan fingerprint density at radius 1 is 1.47 bits per heavy atom. The zero-order valence-electron chi connectivity index (χ0n) is 10.7. The molecule has 0 unspecified atom stereocenters. The molecule has 0 aliphatic carbocycles. The van der Waals surface area contributed by atoms with Crippen molar-refractivity contribution in [2.45, 2.75) is 18.6 Å². The molecule has 2 rings (SSSR count). The number of fused-ring (bicyclic) bond motifs is 1. The summed E-state index contributed by atoms with van der Waals surface area (Å²) in [4.78, 5) is 15.1. The molecule has 0 aliphatic rings. The maximum absolute atomic E-state index is 10.7. The van der Waals surface area contributed by atoms with E-state index in [1.54, 1.807) is 0 Å². The highest BCUT2D eigenvalue weighted by Crippen LogP contribution is 2.23. The van der Waals surface area contributed by atoms with E-state index >= 15 is 0 Å². The normalized spacial score (nSPS) is 11.0. The van der Waals surface area contributed by atoms with Gasteiger partial charge in [0.25, 0.3) is 0 Å². The standard InChI is InChI=1S/C13H16N2O3S/c1-2-18-8-7-15-11-6-4-3-5-10(11)14-13(15)19-9-12(16)17/h3-6H,2,7-9H2,1H3,(H,16,17). The summed E-state index contributed by atoms with van der Waals surface area (Å²) in [7, 11) is 0.